The number of benzene rings is 4. The lowest BCUT2D eigenvalue weighted by molar-refractivity contribution is 0.102. The van der Waals surface area contributed by atoms with Crippen molar-refractivity contribution in [3.05, 3.63) is 126 Å². The van der Waals surface area contributed by atoms with E-state index in [1.165, 1.54) is 17.3 Å². The fourth-order valence-electron chi connectivity index (χ4n) is 5.03. The van der Waals surface area contributed by atoms with Crippen LogP contribution in [0.4, 0.5) is 11.4 Å². The standard InChI is InChI=1S/C35H32N4O4/c1-39(23-25-12-15-32-33(20-25)43-19-18-42-32)17-16-24-10-13-28(14-11-24)37-35(41)29-7-3-5-9-31(29)38-34(40)27-21-26-6-2-4-8-30(26)36-22-27/h2-15,20-22H,16-19,23H2,1H3,(H,37,41)(H,38,40). The van der Waals surface area contributed by atoms with Crippen molar-refractivity contribution in [2.45, 2.75) is 13.0 Å². The lowest BCUT2D eigenvalue weighted by Crippen LogP contribution is -2.21. The van der Waals surface area contributed by atoms with Gasteiger partial charge in [0.05, 0.1) is 22.3 Å². The number of amides is 2. The van der Waals surface area contributed by atoms with Gasteiger partial charge >= 0.3 is 0 Å². The maximum atomic E-state index is 13.2. The topological polar surface area (TPSA) is 92.8 Å². The van der Waals surface area contributed by atoms with Crippen LogP contribution in [-0.4, -0.2) is 48.5 Å². The van der Waals surface area contributed by atoms with Crippen LogP contribution < -0.4 is 20.1 Å². The first kappa shape index (κ1) is 27.9. The van der Waals surface area contributed by atoms with E-state index < -0.39 is 0 Å². The fourth-order valence-corrected chi connectivity index (χ4v) is 5.03. The summed E-state index contributed by atoms with van der Waals surface area (Å²) < 4.78 is 11.3. The van der Waals surface area contributed by atoms with Crippen molar-refractivity contribution in [3.8, 4) is 11.5 Å². The van der Waals surface area contributed by atoms with Gasteiger partial charge in [-0.3, -0.25) is 14.6 Å². The zero-order chi connectivity index (χ0) is 29.6. The van der Waals surface area contributed by atoms with Crippen LogP contribution in [0, 0.1) is 0 Å². The van der Waals surface area contributed by atoms with Crippen molar-refractivity contribution in [3.63, 3.8) is 0 Å². The first-order valence-electron chi connectivity index (χ1n) is 14.2. The average molecular weight is 573 g/mol. The highest BCUT2D eigenvalue weighted by molar-refractivity contribution is 6.13. The van der Waals surface area contributed by atoms with E-state index in [0.717, 1.165) is 41.9 Å². The highest BCUT2D eigenvalue weighted by atomic mass is 16.6. The number of hydrogen-bond donors (Lipinski definition) is 2. The Hall–Kier alpha value is -5.21. The van der Waals surface area contributed by atoms with Gasteiger partial charge in [-0.1, -0.05) is 48.5 Å². The molecule has 2 heterocycles. The lowest BCUT2D eigenvalue weighted by atomic mass is 10.1. The van der Waals surface area contributed by atoms with E-state index in [2.05, 4.69) is 33.6 Å². The first-order valence-corrected chi connectivity index (χ1v) is 14.2. The Bertz CT molecular complexity index is 1770. The molecule has 1 aromatic heterocycles. The van der Waals surface area contributed by atoms with E-state index in [1.807, 2.05) is 60.7 Å². The van der Waals surface area contributed by atoms with Crippen molar-refractivity contribution >= 4 is 34.1 Å². The van der Waals surface area contributed by atoms with Gasteiger partial charge in [0, 0.05) is 30.4 Å². The van der Waals surface area contributed by atoms with Crippen molar-refractivity contribution in [1.82, 2.24) is 9.88 Å². The van der Waals surface area contributed by atoms with Crippen LogP contribution in [0.15, 0.2) is 103 Å². The molecule has 0 unspecified atom stereocenters. The molecular weight excluding hydrogens is 540 g/mol. The number of carbonyl (C=O) groups is 2. The predicted octanol–water partition coefficient (Wildman–Crippen LogP) is 6.19. The molecule has 8 nitrogen and oxygen atoms in total. The van der Waals surface area contributed by atoms with Crippen LogP contribution in [0.2, 0.25) is 0 Å². The smallest absolute Gasteiger partial charge is 0.257 e. The third-order valence-corrected chi connectivity index (χ3v) is 7.33. The van der Waals surface area contributed by atoms with Crippen LogP contribution in [-0.2, 0) is 13.0 Å². The quantitative estimate of drug-likeness (QED) is 0.219. The second-order valence-corrected chi connectivity index (χ2v) is 10.5. The van der Waals surface area contributed by atoms with E-state index >= 15 is 0 Å². The molecule has 1 aliphatic heterocycles. The fraction of sp³-hybridized carbons (Fsp3) is 0.171. The third kappa shape index (κ3) is 6.82. The number of aromatic nitrogens is 1. The number of ether oxygens (including phenoxy) is 2. The number of carbonyl (C=O) groups excluding carboxylic acids is 2. The molecule has 0 saturated carbocycles. The average Bonchev–Trinajstić information content (AvgIpc) is 3.04. The van der Waals surface area contributed by atoms with E-state index in [-0.39, 0.29) is 11.8 Å². The summed E-state index contributed by atoms with van der Waals surface area (Å²) in [7, 11) is 2.10. The summed E-state index contributed by atoms with van der Waals surface area (Å²) in [5.74, 6) is 0.972. The minimum atomic E-state index is -0.332. The van der Waals surface area contributed by atoms with Crippen molar-refractivity contribution in [1.29, 1.82) is 0 Å². The molecule has 5 aromatic rings. The van der Waals surface area contributed by atoms with Crippen molar-refractivity contribution in [2.24, 2.45) is 0 Å². The number of pyridine rings is 1. The van der Waals surface area contributed by atoms with Gasteiger partial charge in [0.2, 0.25) is 0 Å². The molecule has 0 radical (unpaired) electrons. The molecule has 0 atom stereocenters. The number of nitrogens with zero attached hydrogens (tertiary/aromatic N) is 2. The minimum Gasteiger partial charge on any atom is -0.486 e. The number of anilines is 2. The molecule has 2 N–H and O–H groups in total. The summed E-state index contributed by atoms with van der Waals surface area (Å²) in [6.45, 7) is 2.85. The molecule has 2 amide bonds. The maximum absolute atomic E-state index is 13.2. The molecule has 0 spiro atoms. The molecule has 0 fully saturated rings. The van der Waals surface area contributed by atoms with Gasteiger partial charge in [-0.25, -0.2) is 0 Å². The Morgan fingerprint density at radius 1 is 0.791 bits per heavy atom. The van der Waals surface area contributed by atoms with Gasteiger partial charge in [0.1, 0.15) is 13.2 Å². The molecule has 43 heavy (non-hydrogen) atoms. The molecule has 0 bridgehead atoms. The Labute approximate surface area is 250 Å². The van der Waals surface area contributed by atoms with Crippen LogP contribution in [0.3, 0.4) is 0 Å². The molecule has 4 aromatic carbocycles. The molecule has 216 valence electrons. The summed E-state index contributed by atoms with van der Waals surface area (Å²) >= 11 is 0. The van der Waals surface area contributed by atoms with Gasteiger partial charge < -0.3 is 25.0 Å². The number of para-hydroxylation sites is 2. The second kappa shape index (κ2) is 12.8. The summed E-state index contributed by atoms with van der Waals surface area (Å²) in [6, 6.07) is 30.3. The summed E-state index contributed by atoms with van der Waals surface area (Å²) in [6.07, 6.45) is 2.41. The summed E-state index contributed by atoms with van der Waals surface area (Å²) in [4.78, 5) is 32.8. The highest BCUT2D eigenvalue weighted by Gasteiger charge is 2.16. The predicted molar refractivity (Wildman–Crippen MR) is 168 cm³/mol. The molecule has 6 rings (SSSR count). The van der Waals surface area contributed by atoms with E-state index in [0.29, 0.717) is 35.7 Å². The van der Waals surface area contributed by atoms with Crippen molar-refractivity contribution in [2.75, 3.05) is 37.4 Å². The molecule has 8 heteroatoms. The van der Waals surface area contributed by atoms with Crippen LogP contribution in [0.1, 0.15) is 31.8 Å². The van der Waals surface area contributed by atoms with Gasteiger partial charge in [0.25, 0.3) is 11.8 Å². The normalized spacial score (nSPS) is 12.2. The summed E-state index contributed by atoms with van der Waals surface area (Å²) in [5.41, 5.74) is 5.05. The minimum absolute atomic E-state index is 0.306. The third-order valence-electron chi connectivity index (χ3n) is 7.33. The number of hydrogen-bond acceptors (Lipinski definition) is 6. The van der Waals surface area contributed by atoms with Gasteiger partial charge in [0.15, 0.2) is 11.5 Å². The van der Waals surface area contributed by atoms with Gasteiger partial charge in [-0.15, -0.1) is 0 Å². The Kier molecular flexibility index (Phi) is 8.28. The zero-order valence-electron chi connectivity index (χ0n) is 23.9. The number of nitrogens with one attached hydrogen (secondary N) is 2. The van der Waals surface area contributed by atoms with Crippen LogP contribution >= 0.6 is 0 Å². The van der Waals surface area contributed by atoms with Crippen molar-refractivity contribution < 1.29 is 19.1 Å². The SMILES string of the molecule is CN(CCc1ccc(NC(=O)c2ccccc2NC(=O)c2cnc3ccccc3c2)cc1)Cc1ccc2c(c1)OCCO2. The number of likely N-dealkylation sites (N-methyl/N-ethyl adjacent to an activating group) is 1. The monoisotopic (exact) mass is 572 g/mol. The Morgan fingerprint density at radius 3 is 2.40 bits per heavy atom. The Morgan fingerprint density at radius 2 is 1.53 bits per heavy atom. The van der Waals surface area contributed by atoms with E-state index in [4.69, 9.17) is 9.47 Å². The second-order valence-electron chi connectivity index (χ2n) is 10.5. The van der Waals surface area contributed by atoms with Crippen LogP contribution in [0.5, 0.6) is 11.5 Å². The maximum Gasteiger partial charge on any atom is 0.257 e. The van der Waals surface area contributed by atoms with Crippen LogP contribution in [0.25, 0.3) is 10.9 Å². The highest BCUT2D eigenvalue weighted by Crippen LogP contribution is 2.31. The molecule has 0 aliphatic carbocycles. The molecule has 0 saturated heterocycles. The zero-order valence-corrected chi connectivity index (χ0v) is 23.9. The van der Waals surface area contributed by atoms with E-state index in [9.17, 15) is 9.59 Å². The lowest BCUT2D eigenvalue weighted by Gasteiger charge is -2.21. The summed E-state index contributed by atoms with van der Waals surface area (Å²) in [5, 5.41) is 6.69. The number of fused-ring (bicyclic) bond motifs is 2. The Balaban J connectivity index is 1.04. The molecule has 1 aliphatic rings. The first-order chi connectivity index (χ1) is 21.0. The largest absolute Gasteiger partial charge is 0.486 e. The van der Waals surface area contributed by atoms with Gasteiger partial charge in [-0.05, 0) is 73.1 Å². The molecular formula is C35H32N4O4. The van der Waals surface area contributed by atoms with E-state index in [1.54, 1.807) is 30.3 Å². The number of rotatable bonds is 9. The van der Waals surface area contributed by atoms with Gasteiger partial charge in [-0.2, -0.15) is 0 Å².